The van der Waals surface area contributed by atoms with Crippen molar-refractivity contribution in [3.05, 3.63) is 0 Å². The van der Waals surface area contributed by atoms with E-state index in [9.17, 15) is 9.59 Å². The number of carbonyl (C=O) groups excluding carboxylic acids is 1. The highest BCUT2D eigenvalue weighted by molar-refractivity contribution is 5.82. The van der Waals surface area contributed by atoms with Gasteiger partial charge in [0, 0.05) is 6.04 Å². The lowest BCUT2D eigenvalue weighted by atomic mass is 9.99. The van der Waals surface area contributed by atoms with Crippen LogP contribution in [-0.2, 0) is 4.79 Å². The molecule has 0 heterocycles. The predicted octanol–water partition coefficient (Wildman–Crippen LogP) is 2.36. The molecule has 5 heteroatoms. The van der Waals surface area contributed by atoms with Crippen LogP contribution in [-0.4, -0.2) is 29.2 Å². The molecule has 0 aliphatic rings. The summed E-state index contributed by atoms with van der Waals surface area (Å²) in [5.41, 5.74) is 0. The Morgan fingerprint density at radius 2 is 1.78 bits per heavy atom. The van der Waals surface area contributed by atoms with Crippen LogP contribution in [0.5, 0.6) is 0 Å². The van der Waals surface area contributed by atoms with Crippen molar-refractivity contribution in [2.45, 2.75) is 65.5 Å². The van der Waals surface area contributed by atoms with Gasteiger partial charge >= 0.3 is 12.0 Å². The van der Waals surface area contributed by atoms with Gasteiger partial charge in [-0.3, -0.25) is 0 Å². The van der Waals surface area contributed by atoms with Gasteiger partial charge in [-0.15, -0.1) is 0 Å². The van der Waals surface area contributed by atoms with E-state index < -0.39 is 18.0 Å². The van der Waals surface area contributed by atoms with Crippen molar-refractivity contribution in [3.63, 3.8) is 0 Å². The number of rotatable bonds is 8. The molecule has 106 valence electrons. The maximum Gasteiger partial charge on any atom is 0.326 e. The van der Waals surface area contributed by atoms with Crippen LogP contribution in [0.25, 0.3) is 0 Å². The number of hydrogen-bond donors (Lipinski definition) is 3. The highest BCUT2D eigenvalue weighted by Crippen LogP contribution is 2.08. The van der Waals surface area contributed by atoms with Crippen LogP contribution in [0.15, 0.2) is 0 Å². The first-order valence-corrected chi connectivity index (χ1v) is 6.72. The van der Waals surface area contributed by atoms with Crippen molar-refractivity contribution in [2.24, 2.45) is 5.92 Å². The zero-order valence-corrected chi connectivity index (χ0v) is 11.8. The SMILES string of the molecule is CCCCC(C)NC(=O)NC(C(=O)O)C(C)CC. The molecule has 18 heavy (non-hydrogen) atoms. The molecule has 3 unspecified atom stereocenters. The van der Waals surface area contributed by atoms with Crippen LogP contribution >= 0.6 is 0 Å². The zero-order chi connectivity index (χ0) is 14.1. The summed E-state index contributed by atoms with van der Waals surface area (Å²) in [5.74, 6) is -1.07. The van der Waals surface area contributed by atoms with Crippen LogP contribution < -0.4 is 10.6 Å². The van der Waals surface area contributed by atoms with Gasteiger partial charge in [0.1, 0.15) is 6.04 Å². The minimum atomic E-state index is -0.985. The van der Waals surface area contributed by atoms with Crippen LogP contribution in [0.2, 0.25) is 0 Å². The second kappa shape index (κ2) is 8.78. The van der Waals surface area contributed by atoms with Crippen LogP contribution in [0, 0.1) is 5.92 Å². The fourth-order valence-electron chi connectivity index (χ4n) is 1.67. The Bertz CT molecular complexity index is 269. The topological polar surface area (TPSA) is 78.4 Å². The molecule has 0 rings (SSSR count). The smallest absolute Gasteiger partial charge is 0.326 e. The molecule has 0 saturated heterocycles. The van der Waals surface area contributed by atoms with Crippen molar-refractivity contribution in [1.29, 1.82) is 0 Å². The number of carboxylic acids is 1. The van der Waals surface area contributed by atoms with E-state index in [1.165, 1.54) is 0 Å². The van der Waals surface area contributed by atoms with Gasteiger partial charge < -0.3 is 15.7 Å². The molecule has 0 fully saturated rings. The molecule has 2 amide bonds. The van der Waals surface area contributed by atoms with Crippen molar-refractivity contribution < 1.29 is 14.7 Å². The van der Waals surface area contributed by atoms with E-state index in [0.717, 1.165) is 19.3 Å². The van der Waals surface area contributed by atoms with Crippen LogP contribution in [0.1, 0.15) is 53.4 Å². The van der Waals surface area contributed by atoms with Crippen molar-refractivity contribution in [3.8, 4) is 0 Å². The first-order chi connectivity index (χ1) is 8.42. The van der Waals surface area contributed by atoms with Gasteiger partial charge in [-0.2, -0.15) is 0 Å². The number of carboxylic acid groups (broad SMARTS) is 1. The monoisotopic (exact) mass is 258 g/mol. The molecule has 0 radical (unpaired) electrons. The van der Waals surface area contributed by atoms with Crippen molar-refractivity contribution >= 4 is 12.0 Å². The van der Waals surface area contributed by atoms with Gasteiger partial charge in [0.15, 0.2) is 0 Å². The first-order valence-electron chi connectivity index (χ1n) is 6.72. The van der Waals surface area contributed by atoms with E-state index in [1.807, 2.05) is 20.8 Å². The summed E-state index contributed by atoms with van der Waals surface area (Å²) in [4.78, 5) is 22.7. The number of carbonyl (C=O) groups is 2. The standard InChI is InChI=1S/C13H26N2O3/c1-5-7-8-10(4)14-13(18)15-11(12(16)17)9(3)6-2/h9-11H,5-8H2,1-4H3,(H,16,17)(H2,14,15,18). The molecule has 0 aromatic rings. The fourth-order valence-corrected chi connectivity index (χ4v) is 1.67. The van der Waals surface area contributed by atoms with Gasteiger partial charge in [0.2, 0.25) is 0 Å². The minimum absolute atomic E-state index is 0.0660. The quantitative estimate of drug-likeness (QED) is 0.625. The lowest BCUT2D eigenvalue weighted by Gasteiger charge is -2.22. The Hall–Kier alpha value is -1.26. The predicted molar refractivity (Wildman–Crippen MR) is 71.5 cm³/mol. The number of aliphatic carboxylic acids is 1. The molecule has 0 saturated carbocycles. The highest BCUT2D eigenvalue weighted by Gasteiger charge is 2.25. The van der Waals surface area contributed by atoms with E-state index in [0.29, 0.717) is 6.42 Å². The number of urea groups is 1. The van der Waals surface area contributed by atoms with E-state index in [4.69, 9.17) is 5.11 Å². The minimum Gasteiger partial charge on any atom is -0.480 e. The maximum absolute atomic E-state index is 11.7. The van der Waals surface area contributed by atoms with E-state index in [2.05, 4.69) is 17.6 Å². The van der Waals surface area contributed by atoms with Gasteiger partial charge in [-0.25, -0.2) is 9.59 Å². The Kier molecular flexibility index (Phi) is 8.16. The Labute approximate surface area is 109 Å². The highest BCUT2D eigenvalue weighted by atomic mass is 16.4. The number of amides is 2. The average molecular weight is 258 g/mol. The normalized spacial score (nSPS) is 15.6. The second-order valence-electron chi connectivity index (χ2n) is 4.86. The summed E-state index contributed by atoms with van der Waals surface area (Å²) in [6, 6.07) is -1.16. The first kappa shape index (κ1) is 16.7. The largest absolute Gasteiger partial charge is 0.480 e. The summed E-state index contributed by atoms with van der Waals surface area (Å²) in [7, 11) is 0. The number of unbranched alkanes of at least 4 members (excludes halogenated alkanes) is 1. The van der Waals surface area contributed by atoms with Crippen LogP contribution in [0.4, 0.5) is 4.79 Å². The molecule has 0 aliphatic carbocycles. The molecule has 0 aromatic heterocycles. The molecule has 0 aliphatic heterocycles. The lowest BCUT2D eigenvalue weighted by molar-refractivity contribution is -0.140. The molecule has 0 spiro atoms. The van der Waals surface area contributed by atoms with Crippen LogP contribution in [0.3, 0.4) is 0 Å². The van der Waals surface area contributed by atoms with E-state index in [1.54, 1.807) is 0 Å². The third-order valence-electron chi connectivity index (χ3n) is 3.13. The van der Waals surface area contributed by atoms with Gasteiger partial charge in [0.25, 0.3) is 0 Å². The van der Waals surface area contributed by atoms with Gasteiger partial charge in [0.05, 0.1) is 0 Å². The lowest BCUT2D eigenvalue weighted by Crippen LogP contribution is -2.50. The Morgan fingerprint density at radius 3 is 2.22 bits per heavy atom. The number of nitrogens with one attached hydrogen (secondary N) is 2. The molecule has 3 atom stereocenters. The van der Waals surface area contributed by atoms with Gasteiger partial charge in [-0.05, 0) is 19.3 Å². The summed E-state index contributed by atoms with van der Waals surface area (Å²) in [6.07, 6.45) is 3.75. The summed E-state index contributed by atoms with van der Waals surface area (Å²) in [6.45, 7) is 7.74. The van der Waals surface area contributed by atoms with E-state index >= 15 is 0 Å². The maximum atomic E-state index is 11.7. The summed E-state index contributed by atoms with van der Waals surface area (Å²) < 4.78 is 0. The molecule has 0 aromatic carbocycles. The number of hydrogen-bond acceptors (Lipinski definition) is 2. The molecule has 3 N–H and O–H groups in total. The molecular formula is C13H26N2O3. The Balaban J connectivity index is 4.21. The average Bonchev–Trinajstić information content (AvgIpc) is 2.32. The van der Waals surface area contributed by atoms with Gasteiger partial charge in [-0.1, -0.05) is 40.0 Å². The second-order valence-corrected chi connectivity index (χ2v) is 4.86. The molecule has 0 bridgehead atoms. The summed E-state index contributed by atoms with van der Waals surface area (Å²) >= 11 is 0. The van der Waals surface area contributed by atoms with E-state index in [-0.39, 0.29) is 12.0 Å². The molecular weight excluding hydrogens is 232 g/mol. The zero-order valence-electron chi connectivity index (χ0n) is 11.8. The molecule has 5 nitrogen and oxygen atoms in total. The van der Waals surface area contributed by atoms with Crippen molar-refractivity contribution in [2.75, 3.05) is 0 Å². The third-order valence-corrected chi connectivity index (χ3v) is 3.13. The fraction of sp³-hybridized carbons (Fsp3) is 0.846. The summed E-state index contributed by atoms with van der Waals surface area (Å²) in [5, 5.41) is 14.3. The third kappa shape index (κ3) is 6.47. The Morgan fingerprint density at radius 1 is 1.17 bits per heavy atom. The van der Waals surface area contributed by atoms with Crippen molar-refractivity contribution in [1.82, 2.24) is 10.6 Å².